The van der Waals surface area contributed by atoms with Crippen LogP contribution in [-0.4, -0.2) is 14.0 Å². The molecule has 0 amide bonds. The van der Waals surface area contributed by atoms with E-state index in [1.807, 2.05) is 6.92 Å². The zero-order valence-corrected chi connectivity index (χ0v) is 7.02. The molecule has 0 saturated heterocycles. The molecular formula is C7H13O2S-. The zero-order valence-electron chi connectivity index (χ0n) is 6.21. The van der Waals surface area contributed by atoms with Crippen LogP contribution in [0.2, 0.25) is 0 Å². The zero-order chi connectivity index (χ0) is 7.56. The molecule has 60 valence electrons. The molecule has 1 aliphatic rings. The molecule has 1 fully saturated rings. The summed E-state index contributed by atoms with van der Waals surface area (Å²) < 4.78 is 21.1. The molecule has 3 atom stereocenters. The van der Waals surface area contributed by atoms with Gasteiger partial charge >= 0.3 is 0 Å². The summed E-state index contributed by atoms with van der Waals surface area (Å²) in [5.74, 6) is 0.382. The van der Waals surface area contributed by atoms with E-state index in [-0.39, 0.29) is 5.25 Å². The van der Waals surface area contributed by atoms with Crippen LogP contribution in [0.1, 0.15) is 32.6 Å². The van der Waals surface area contributed by atoms with Gasteiger partial charge in [0.15, 0.2) is 0 Å². The highest BCUT2D eigenvalue weighted by Gasteiger charge is 2.21. The fraction of sp³-hybridized carbons (Fsp3) is 1.00. The van der Waals surface area contributed by atoms with Gasteiger partial charge in [0.1, 0.15) is 0 Å². The van der Waals surface area contributed by atoms with Gasteiger partial charge in [-0.15, -0.1) is 0 Å². The minimum absolute atomic E-state index is 0.0613. The van der Waals surface area contributed by atoms with Crippen molar-refractivity contribution in [1.82, 2.24) is 0 Å². The van der Waals surface area contributed by atoms with E-state index in [9.17, 15) is 8.76 Å². The molecule has 2 unspecified atom stereocenters. The average Bonchev–Trinajstić information content (AvgIpc) is 1.88. The topological polar surface area (TPSA) is 40.1 Å². The number of hydrogen-bond acceptors (Lipinski definition) is 2. The molecule has 1 aliphatic carbocycles. The van der Waals surface area contributed by atoms with Gasteiger partial charge in [-0.1, -0.05) is 30.8 Å². The molecular weight excluding hydrogens is 148 g/mol. The molecule has 3 heteroatoms. The first-order valence-electron chi connectivity index (χ1n) is 3.80. The van der Waals surface area contributed by atoms with Gasteiger partial charge in [0.05, 0.1) is 0 Å². The van der Waals surface area contributed by atoms with Crippen molar-refractivity contribution in [1.29, 1.82) is 0 Å². The van der Waals surface area contributed by atoms with Gasteiger partial charge in [0.25, 0.3) is 0 Å². The minimum Gasteiger partial charge on any atom is -0.772 e. The van der Waals surface area contributed by atoms with Crippen molar-refractivity contribution < 1.29 is 8.76 Å². The third-order valence-corrected chi connectivity index (χ3v) is 3.47. The SMILES string of the molecule is CC1CCCC[C@H]1S(=O)[O-]. The maximum Gasteiger partial charge on any atom is 0.0241 e. The first-order chi connectivity index (χ1) is 4.72. The first kappa shape index (κ1) is 8.21. The summed E-state index contributed by atoms with van der Waals surface area (Å²) >= 11 is -1.83. The lowest BCUT2D eigenvalue weighted by Crippen LogP contribution is -2.26. The summed E-state index contributed by atoms with van der Waals surface area (Å²) in [5.41, 5.74) is 0. The Morgan fingerprint density at radius 3 is 2.40 bits per heavy atom. The van der Waals surface area contributed by atoms with E-state index in [2.05, 4.69) is 0 Å². The predicted molar refractivity (Wildman–Crippen MR) is 40.3 cm³/mol. The normalized spacial score (nSPS) is 37.4. The summed E-state index contributed by atoms with van der Waals surface area (Å²) in [5, 5.41) is -0.0613. The van der Waals surface area contributed by atoms with Crippen molar-refractivity contribution in [2.75, 3.05) is 0 Å². The summed E-state index contributed by atoms with van der Waals surface area (Å²) in [6.45, 7) is 2.03. The summed E-state index contributed by atoms with van der Waals surface area (Å²) in [6, 6.07) is 0. The third kappa shape index (κ3) is 1.80. The summed E-state index contributed by atoms with van der Waals surface area (Å²) in [4.78, 5) is 0. The Bertz CT molecular complexity index is 136. The van der Waals surface area contributed by atoms with Crippen LogP contribution in [-0.2, 0) is 11.1 Å². The molecule has 0 aromatic rings. The van der Waals surface area contributed by atoms with Gasteiger partial charge in [0, 0.05) is 5.25 Å². The lowest BCUT2D eigenvalue weighted by molar-refractivity contribution is 0.373. The first-order valence-corrected chi connectivity index (χ1v) is 4.93. The lowest BCUT2D eigenvalue weighted by Gasteiger charge is -2.30. The van der Waals surface area contributed by atoms with Crippen molar-refractivity contribution in [3.05, 3.63) is 0 Å². The summed E-state index contributed by atoms with van der Waals surface area (Å²) in [6.07, 6.45) is 4.24. The molecule has 0 aromatic heterocycles. The summed E-state index contributed by atoms with van der Waals surface area (Å²) in [7, 11) is 0. The fourth-order valence-electron chi connectivity index (χ4n) is 1.57. The lowest BCUT2D eigenvalue weighted by atomic mass is 9.90. The predicted octanol–water partition coefficient (Wildman–Crippen LogP) is 1.44. The fourth-order valence-corrected chi connectivity index (χ4v) is 2.44. The Morgan fingerprint density at radius 1 is 1.40 bits per heavy atom. The quantitative estimate of drug-likeness (QED) is 0.546. The Hall–Kier alpha value is 0.110. The molecule has 0 radical (unpaired) electrons. The Kier molecular flexibility index (Phi) is 2.86. The van der Waals surface area contributed by atoms with Crippen LogP contribution in [0, 0.1) is 5.92 Å². The van der Waals surface area contributed by atoms with E-state index in [0.29, 0.717) is 5.92 Å². The Labute approximate surface area is 64.3 Å². The molecule has 2 nitrogen and oxygen atoms in total. The van der Waals surface area contributed by atoms with E-state index < -0.39 is 11.1 Å². The number of rotatable bonds is 1. The molecule has 0 aromatic carbocycles. The van der Waals surface area contributed by atoms with Gasteiger partial charge in [0.2, 0.25) is 0 Å². The molecule has 0 spiro atoms. The van der Waals surface area contributed by atoms with Crippen LogP contribution in [0.5, 0.6) is 0 Å². The molecule has 0 heterocycles. The van der Waals surface area contributed by atoms with Gasteiger partial charge in [-0.05, 0) is 18.8 Å². The highest BCUT2D eigenvalue weighted by atomic mass is 32.2. The van der Waals surface area contributed by atoms with Gasteiger partial charge in [-0.3, -0.25) is 4.21 Å². The average molecular weight is 161 g/mol. The standard InChI is InChI=1S/C7H14O2S/c1-6-4-2-3-5-7(6)10(8)9/h6-7H,2-5H2,1H3,(H,8,9)/p-1/t6?,7-/m1/s1. The van der Waals surface area contributed by atoms with Gasteiger partial charge in [-0.25, -0.2) is 0 Å². The van der Waals surface area contributed by atoms with Crippen LogP contribution in [0.3, 0.4) is 0 Å². The third-order valence-electron chi connectivity index (χ3n) is 2.28. The van der Waals surface area contributed by atoms with E-state index in [1.165, 1.54) is 6.42 Å². The second-order valence-corrected chi connectivity index (χ2v) is 4.19. The van der Waals surface area contributed by atoms with Gasteiger partial charge < -0.3 is 4.55 Å². The van der Waals surface area contributed by atoms with Crippen LogP contribution in [0.25, 0.3) is 0 Å². The number of hydrogen-bond donors (Lipinski definition) is 0. The van der Waals surface area contributed by atoms with E-state index in [1.54, 1.807) is 0 Å². The van der Waals surface area contributed by atoms with Crippen molar-refractivity contribution in [2.24, 2.45) is 5.92 Å². The molecule has 10 heavy (non-hydrogen) atoms. The van der Waals surface area contributed by atoms with E-state index in [0.717, 1.165) is 19.3 Å². The Balaban J connectivity index is 2.47. The maximum absolute atomic E-state index is 10.6. The van der Waals surface area contributed by atoms with E-state index in [4.69, 9.17) is 0 Å². The van der Waals surface area contributed by atoms with Crippen molar-refractivity contribution in [3.63, 3.8) is 0 Å². The highest BCUT2D eigenvalue weighted by molar-refractivity contribution is 7.79. The molecule has 0 N–H and O–H groups in total. The van der Waals surface area contributed by atoms with E-state index >= 15 is 0 Å². The second kappa shape index (κ2) is 3.49. The maximum atomic E-state index is 10.6. The second-order valence-electron chi connectivity index (χ2n) is 3.06. The molecule has 1 saturated carbocycles. The van der Waals surface area contributed by atoms with Crippen LogP contribution < -0.4 is 0 Å². The van der Waals surface area contributed by atoms with Crippen LogP contribution in [0.4, 0.5) is 0 Å². The largest absolute Gasteiger partial charge is 0.772 e. The monoisotopic (exact) mass is 161 g/mol. The highest BCUT2D eigenvalue weighted by Crippen LogP contribution is 2.26. The smallest absolute Gasteiger partial charge is 0.0241 e. The van der Waals surface area contributed by atoms with Gasteiger partial charge in [-0.2, -0.15) is 0 Å². The van der Waals surface area contributed by atoms with Crippen molar-refractivity contribution in [2.45, 2.75) is 37.9 Å². The van der Waals surface area contributed by atoms with Crippen molar-refractivity contribution in [3.8, 4) is 0 Å². The van der Waals surface area contributed by atoms with Crippen molar-refractivity contribution >= 4 is 11.1 Å². The minimum atomic E-state index is -1.83. The van der Waals surface area contributed by atoms with Crippen LogP contribution in [0.15, 0.2) is 0 Å². The molecule has 0 aliphatic heterocycles. The van der Waals surface area contributed by atoms with Crippen LogP contribution >= 0.6 is 0 Å². The molecule has 1 rings (SSSR count). The molecule has 0 bridgehead atoms. The Morgan fingerprint density at radius 2 is 2.00 bits per heavy atom.